The lowest BCUT2D eigenvalue weighted by molar-refractivity contribution is -0.0584. The van der Waals surface area contributed by atoms with Crippen molar-refractivity contribution in [3.63, 3.8) is 0 Å². The average molecular weight is 634 g/mol. The number of ether oxygens (including phenoxy) is 2. The van der Waals surface area contributed by atoms with Gasteiger partial charge in [0.1, 0.15) is 42.6 Å². The van der Waals surface area contributed by atoms with Gasteiger partial charge in [-0.05, 0) is 0 Å². The molecule has 0 spiro atoms. The minimum absolute atomic E-state index is 0.0251. The smallest absolute Gasteiger partial charge is 0.387 e. The first-order chi connectivity index (χ1) is 19.2. The van der Waals surface area contributed by atoms with Gasteiger partial charge in [0.15, 0.2) is 23.0 Å². The van der Waals surface area contributed by atoms with Crippen molar-refractivity contribution in [1.29, 1.82) is 0 Å². The lowest BCUT2D eigenvalue weighted by Gasteiger charge is -2.24. The van der Waals surface area contributed by atoms with Crippen LogP contribution in [0.3, 0.4) is 0 Å². The molecule has 1 saturated heterocycles. The monoisotopic (exact) mass is 633 g/mol. The molecule has 1 aliphatic rings. The van der Waals surface area contributed by atoms with Crippen molar-refractivity contribution in [3.05, 3.63) is 35.0 Å². The summed E-state index contributed by atoms with van der Waals surface area (Å²) >= 11 is 8.14. The molecule has 0 radical (unpaired) electrons. The maximum atomic E-state index is 13.4. The summed E-state index contributed by atoms with van der Waals surface area (Å²) < 4.78 is 44.2. The number of nitrogen functional groups attached to an aromatic ring is 1. The maximum absolute atomic E-state index is 13.4. The number of H-pyrrole nitrogens is 1. The third kappa shape index (κ3) is 6.04. The highest BCUT2D eigenvalue weighted by molar-refractivity contribution is 8.44. The number of aliphatic hydroxyl groups is 1. The summed E-state index contributed by atoms with van der Waals surface area (Å²) in [7, 11) is 2.16. The molecule has 0 amide bonds. The van der Waals surface area contributed by atoms with Crippen LogP contribution in [0.15, 0.2) is 23.6 Å². The van der Waals surface area contributed by atoms with E-state index in [-0.39, 0.29) is 36.3 Å². The van der Waals surface area contributed by atoms with Crippen molar-refractivity contribution < 1.29 is 32.7 Å². The van der Waals surface area contributed by atoms with Crippen LogP contribution in [0.5, 0.6) is 0 Å². The largest absolute Gasteiger partial charge is 0.387 e. The van der Waals surface area contributed by atoms with E-state index in [2.05, 4.69) is 64.2 Å². The molecule has 17 nitrogen and oxygen atoms in total. The number of nitrogens with one attached hydrogen (secondary N) is 1. The molecule has 5 rings (SSSR count). The predicted octanol–water partition coefficient (Wildman–Crippen LogP) is 0.450. The van der Waals surface area contributed by atoms with E-state index in [1.54, 1.807) is 4.57 Å². The molecule has 0 aliphatic carbocycles. The Morgan fingerprint density at radius 3 is 2.90 bits per heavy atom. The molecule has 5 heterocycles. The highest BCUT2D eigenvalue weighted by Gasteiger charge is 2.49. The number of aliphatic hydroxyl groups excluding tert-OH is 1. The van der Waals surface area contributed by atoms with Gasteiger partial charge >= 0.3 is 6.80 Å². The summed E-state index contributed by atoms with van der Waals surface area (Å²) in [6, 6.07) is 0. The van der Waals surface area contributed by atoms with Gasteiger partial charge < -0.3 is 29.4 Å². The summed E-state index contributed by atoms with van der Waals surface area (Å²) in [5, 5.41) is 11.1. The zero-order chi connectivity index (χ0) is 28.4. The van der Waals surface area contributed by atoms with Gasteiger partial charge in [0, 0.05) is 16.0 Å². The van der Waals surface area contributed by atoms with Crippen LogP contribution < -0.4 is 11.3 Å². The molecule has 4 aromatic rings. The Balaban J connectivity index is 1.41. The molecule has 0 bridgehead atoms. The second kappa shape index (κ2) is 12.4. The summed E-state index contributed by atoms with van der Waals surface area (Å²) in [6.45, 7) is -3.82. The third-order valence-electron chi connectivity index (χ3n) is 5.94. The average Bonchev–Trinajstić information content (AvgIpc) is 3.59. The summed E-state index contributed by atoms with van der Waals surface area (Å²) in [5.74, 6) is 0.272. The first-order valence-electron chi connectivity index (χ1n) is 11.6. The summed E-state index contributed by atoms with van der Waals surface area (Å²) in [4.78, 5) is 35.5. The highest BCUT2D eigenvalue weighted by Crippen LogP contribution is 2.57. The molecule has 6 atom stereocenters. The van der Waals surface area contributed by atoms with Gasteiger partial charge in [-0.3, -0.25) is 23.4 Å². The van der Waals surface area contributed by atoms with Crippen LogP contribution in [0.25, 0.3) is 22.3 Å². The quantitative estimate of drug-likeness (QED) is 0.0814. The fraction of sp³-hybridized carbons (Fsp3) is 0.474. The highest BCUT2D eigenvalue weighted by atomic mass is 32.7. The van der Waals surface area contributed by atoms with Crippen LogP contribution in [0.1, 0.15) is 12.1 Å². The fourth-order valence-electron chi connectivity index (χ4n) is 4.23. The van der Waals surface area contributed by atoms with Crippen molar-refractivity contribution in [2.75, 3.05) is 24.9 Å². The Morgan fingerprint density at radius 2 is 2.12 bits per heavy atom. The SMILES string of the molecule is Nc1nc2c(ncn2[C@@H]2O[C@H](COCS)[C@@H](O)[C@H]2OP(=O)(S)OCc2nc3cncnc3n2CCOP)c(=O)[nH]1. The molecule has 1 fully saturated rings. The van der Waals surface area contributed by atoms with Crippen molar-refractivity contribution >= 4 is 69.4 Å². The van der Waals surface area contributed by atoms with Gasteiger partial charge in [-0.25, -0.2) is 24.5 Å². The first kappa shape index (κ1) is 29.3. The maximum Gasteiger partial charge on any atom is 0.387 e. The number of hydrogen-bond donors (Lipinski definition) is 5. The van der Waals surface area contributed by atoms with E-state index in [4.69, 9.17) is 28.8 Å². The van der Waals surface area contributed by atoms with E-state index in [1.165, 1.54) is 23.4 Å². The van der Waals surface area contributed by atoms with Crippen LogP contribution >= 0.6 is 41.1 Å². The van der Waals surface area contributed by atoms with Gasteiger partial charge in [0.05, 0.1) is 31.7 Å². The Morgan fingerprint density at radius 1 is 1.30 bits per heavy atom. The zero-order valence-corrected chi connectivity index (χ0v) is 24.3. The second-order valence-corrected chi connectivity index (χ2v) is 11.9. The lowest BCUT2D eigenvalue weighted by atomic mass is 10.1. The van der Waals surface area contributed by atoms with E-state index in [0.717, 1.165) is 0 Å². The van der Waals surface area contributed by atoms with Crippen molar-refractivity contribution in [2.45, 2.75) is 37.7 Å². The molecule has 4 N–H and O–H groups in total. The summed E-state index contributed by atoms with van der Waals surface area (Å²) in [6.07, 6.45) is -0.579. The van der Waals surface area contributed by atoms with E-state index in [9.17, 15) is 14.5 Å². The molecular formula is C19H25N9O8P2S2. The van der Waals surface area contributed by atoms with Crippen LogP contribution in [0.2, 0.25) is 0 Å². The topological polar surface area (TPSA) is 217 Å². The predicted molar refractivity (Wildman–Crippen MR) is 150 cm³/mol. The number of nitrogens with two attached hydrogens (primary N) is 1. The van der Waals surface area contributed by atoms with E-state index in [0.29, 0.717) is 30.1 Å². The number of thiol groups is 2. The van der Waals surface area contributed by atoms with Crippen molar-refractivity contribution in [2.24, 2.45) is 0 Å². The number of aromatic nitrogens is 8. The molecule has 40 heavy (non-hydrogen) atoms. The molecule has 1 aliphatic heterocycles. The number of fused-ring (bicyclic) bond motifs is 2. The molecule has 21 heteroatoms. The number of anilines is 1. The third-order valence-corrected chi connectivity index (χ3v) is 7.96. The van der Waals surface area contributed by atoms with Gasteiger partial charge in [-0.2, -0.15) is 17.6 Å². The number of hydrogen-bond acceptors (Lipinski definition) is 15. The number of imidazole rings is 2. The Kier molecular flexibility index (Phi) is 9.06. The van der Waals surface area contributed by atoms with Crippen LogP contribution in [-0.2, 0) is 40.8 Å². The van der Waals surface area contributed by atoms with Gasteiger partial charge in [-0.15, -0.1) is 0 Å². The Hall–Kier alpha value is -2.18. The van der Waals surface area contributed by atoms with E-state index in [1.807, 2.05) is 0 Å². The lowest BCUT2D eigenvalue weighted by Crippen LogP contribution is -2.35. The minimum Gasteiger partial charge on any atom is -0.387 e. The van der Waals surface area contributed by atoms with E-state index < -0.39 is 36.9 Å². The standard InChI is InChI=1S/C19H25N9O8P2S2/c20-19-25-16-12(17(30)26-19)23-7-28(16)18-14(13(29)10(35-18)4-32-8-39)36-38(31,40)34-5-11-24-9-3-21-6-22-15(9)27(11)1-2-33-37/h3,6-7,10,13-14,18,29,39H,1-2,4-5,8,37H2,(H,31,40)(H3,20,25,26,30)/t10-,13-,14-,18-,38?/m1/s1. The van der Waals surface area contributed by atoms with Crippen molar-refractivity contribution in [3.8, 4) is 0 Å². The molecule has 0 aromatic carbocycles. The Bertz CT molecular complexity index is 1600. The minimum atomic E-state index is -4.18. The number of nitrogens with zero attached hydrogens (tertiary/aromatic N) is 7. The molecule has 216 valence electrons. The van der Waals surface area contributed by atoms with E-state index >= 15 is 0 Å². The van der Waals surface area contributed by atoms with Crippen molar-refractivity contribution in [1.82, 2.24) is 39.0 Å². The normalized spacial score (nSPS) is 22.8. The van der Waals surface area contributed by atoms with Crippen LogP contribution in [0, 0.1) is 0 Å². The van der Waals surface area contributed by atoms with Gasteiger partial charge in [-0.1, -0.05) is 12.2 Å². The second-order valence-electron chi connectivity index (χ2n) is 8.42. The summed E-state index contributed by atoms with van der Waals surface area (Å²) in [5.41, 5.74) is 6.21. The zero-order valence-electron chi connectivity index (χ0n) is 20.5. The van der Waals surface area contributed by atoms with Gasteiger partial charge in [0.25, 0.3) is 5.56 Å². The number of rotatable bonds is 12. The molecule has 0 saturated carbocycles. The first-order valence-corrected chi connectivity index (χ1v) is 15.4. The van der Waals surface area contributed by atoms with Gasteiger partial charge in [0.2, 0.25) is 5.95 Å². The molecule has 4 aromatic heterocycles. The number of aromatic amines is 1. The fourth-order valence-corrected chi connectivity index (χ4v) is 5.82. The molecular weight excluding hydrogens is 608 g/mol. The molecule has 2 unspecified atom stereocenters. The van der Waals surface area contributed by atoms with Crippen LogP contribution in [-0.4, -0.2) is 81.6 Å². The Labute approximate surface area is 238 Å². The van der Waals surface area contributed by atoms with Crippen LogP contribution in [0.4, 0.5) is 5.95 Å².